The average Bonchev–Trinajstić information content (AvgIpc) is 2.12. The van der Waals surface area contributed by atoms with Gasteiger partial charge in [-0.2, -0.15) is 9.97 Å². The zero-order valence-electron chi connectivity index (χ0n) is 9.01. The maximum Gasteiger partial charge on any atom is 0.223 e. The van der Waals surface area contributed by atoms with Crippen LogP contribution in [0.3, 0.4) is 0 Å². The summed E-state index contributed by atoms with van der Waals surface area (Å²) in [5, 5.41) is 9.15. The van der Waals surface area contributed by atoms with Gasteiger partial charge in [-0.05, 0) is 13.3 Å². The quantitative estimate of drug-likeness (QED) is 0.640. The number of hydrogen-bond acceptors (Lipinski definition) is 6. The highest BCUT2D eigenvalue weighted by Crippen LogP contribution is 2.13. The first-order valence-corrected chi connectivity index (χ1v) is 4.78. The molecule has 6 nitrogen and oxygen atoms in total. The van der Waals surface area contributed by atoms with Gasteiger partial charge in [0.2, 0.25) is 5.95 Å². The molecule has 1 aromatic heterocycles. The molecule has 1 unspecified atom stereocenters. The van der Waals surface area contributed by atoms with Gasteiger partial charge in [-0.15, -0.1) is 0 Å². The van der Waals surface area contributed by atoms with Crippen LogP contribution in [0.2, 0.25) is 0 Å². The SMILES string of the molecule is CC(O)CCN(C)c1cc(N)nc(N)n1. The monoisotopic (exact) mass is 211 g/mol. The molecule has 0 aliphatic heterocycles. The van der Waals surface area contributed by atoms with E-state index in [1.54, 1.807) is 13.0 Å². The summed E-state index contributed by atoms with van der Waals surface area (Å²) in [5.74, 6) is 1.18. The second kappa shape index (κ2) is 4.79. The Hall–Kier alpha value is -1.56. The molecule has 0 saturated carbocycles. The van der Waals surface area contributed by atoms with Gasteiger partial charge >= 0.3 is 0 Å². The molecule has 0 aromatic carbocycles. The lowest BCUT2D eigenvalue weighted by molar-refractivity contribution is 0.187. The maximum atomic E-state index is 9.15. The van der Waals surface area contributed by atoms with E-state index in [0.29, 0.717) is 24.6 Å². The number of aromatic nitrogens is 2. The third kappa shape index (κ3) is 3.59. The van der Waals surface area contributed by atoms with Crippen molar-refractivity contribution in [3.8, 4) is 0 Å². The van der Waals surface area contributed by atoms with E-state index in [1.807, 2.05) is 11.9 Å². The lowest BCUT2D eigenvalue weighted by Crippen LogP contribution is -2.23. The van der Waals surface area contributed by atoms with Gasteiger partial charge < -0.3 is 21.5 Å². The highest BCUT2D eigenvalue weighted by Gasteiger charge is 2.06. The van der Waals surface area contributed by atoms with Crippen LogP contribution in [0.4, 0.5) is 17.6 Å². The zero-order chi connectivity index (χ0) is 11.4. The Balaban J connectivity index is 2.68. The Morgan fingerprint density at radius 1 is 1.47 bits per heavy atom. The van der Waals surface area contributed by atoms with E-state index >= 15 is 0 Å². The van der Waals surface area contributed by atoms with Gasteiger partial charge in [0, 0.05) is 19.7 Å². The fourth-order valence-corrected chi connectivity index (χ4v) is 1.16. The molecule has 1 aromatic rings. The summed E-state index contributed by atoms with van der Waals surface area (Å²) in [7, 11) is 1.86. The molecule has 1 atom stereocenters. The molecule has 1 rings (SSSR count). The molecular formula is C9H17N5O. The van der Waals surface area contributed by atoms with E-state index in [9.17, 15) is 0 Å². The van der Waals surface area contributed by atoms with Gasteiger partial charge in [-0.1, -0.05) is 0 Å². The first-order chi connectivity index (χ1) is 6.99. The summed E-state index contributed by atoms with van der Waals surface area (Å²) in [5.41, 5.74) is 11.0. The fourth-order valence-electron chi connectivity index (χ4n) is 1.16. The van der Waals surface area contributed by atoms with Crippen molar-refractivity contribution in [3.05, 3.63) is 6.07 Å². The van der Waals surface area contributed by atoms with Crippen molar-refractivity contribution in [2.24, 2.45) is 0 Å². The summed E-state index contributed by atoms with van der Waals surface area (Å²) in [6.45, 7) is 2.43. The zero-order valence-corrected chi connectivity index (χ0v) is 9.01. The standard InChI is InChI=1S/C9H17N5O/c1-6(15)3-4-14(2)8-5-7(10)12-9(11)13-8/h5-6,15H,3-4H2,1-2H3,(H4,10,11,12,13). The summed E-state index contributed by atoms with van der Waals surface area (Å²) >= 11 is 0. The molecule has 15 heavy (non-hydrogen) atoms. The van der Waals surface area contributed by atoms with Crippen molar-refractivity contribution in [1.82, 2.24) is 9.97 Å². The molecule has 0 aliphatic rings. The fraction of sp³-hybridized carbons (Fsp3) is 0.556. The van der Waals surface area contributed by atoms with E-state index in [4.69, 9.17) is 16.6 Å². The van der Waals surface area contributed by atoms with E-state index in [1.165, 1.54) is 0 Å². The highest BCUT2D eigenvalue weighted by atomic mass is 16.3. The van der Waals surface area contributed by atoms with E-state index < -0.39 is 0 Å². The second-order valence-electron chi connectivity index (χ2n) is 3.57. The lowest BCUT2D eigenvalue weighted by Gasteiger charge is -2.19. The van der Waals surface area contributed by atoms with Crippen molar-refractivity contribution < 1.29 is 5.11 Å². The number of nitrogens with zero attached hydrogens (tertiary/aromatic N) is 3. The van der Waals surface area contributed by atoms with Crippen LogP contribution in [0.1, 0.15) is 13.3 Å². The largest absolute Gasteiger partial charge is 0.393 e. The normalized spacial score (nSPS) is 12.5. The minimum absolute atomic E-state index is 0.161. The number of nitrogens with two attached hydrogens (primary N) is 2. The molecule has 5 N–H and O–H groups in total. The summed E-state index contributed by atoms with van der Waals surface area (Å²) in [6.07, 6.45) is 0.337. The molecule has 84 valence electrons. The van der Waals surface area contributed by atoms with Gasteiger partial charge in [0.25, 0.3) is 0 Å². The summed E-state index contributed by atoms with van der Waals surface area (Å²) in [6, 6.07) is 1.65. The van der Waals surface area contributed by atoms with Gasteiger partial charge in [0.15, 0.2) is 0 Å². The van der Waals surface area contributed by atoms with Crippen LogP contribution in [-0.4, -0.2) is 34.8 Å². The van der Waals surface area contributed by atoms with Crippen molar-refractivity contribution in [2.45, 2.75) is 19.4 Å². The molecule has 1 heterocycles. The van der Waals surface area contributed by atoms with Crippen LogP contribution in [0.5, 0.6) is 0 Å². The van der Waals surface area contributed by atoms with Gasteiger partial charge in [-0.3, -0.25) is 0 Å². The number of aliphatic hydroxyl groups excluding tert-OH is 1. The average molecular weight is 211 g/mol. The van der Waals surface area contributed by atoms with E-state index in [0.717, 1.165) is 0 Å². The third-order valence-electron chi connectivity index (χ3n) is 2.02. The molecule has 0 saturated heterocycles. The van der Waals surface area contributed by atoms with Crippen molar-refractivity contribution >= 4 is 17.6 Å². The Kier molecular flexibility index (Phi) is 3.68. The van der Waals surface area contributed by atoms with Crippen LogP contribution in [0.15, 0.2) is 6.07 Å². The minimum Gasteiger partial charge on any atom is -0.393 e. The molecular weight excluding hydrogens is 194 g/mol. The predicted molar refractivity (Wildman–Crippen MR) is 60.4 cm³/mol. The Morgan fingerprint density at radius 2 is 2.13 bits per heavy atom. The smallest absolute Gasteiger partial charge is 0.223 e. The van der Waals surface area contributed by atoms with Crippen LogP contribution < -0.4 is 16.4 Å². The van der Waals surface area contributed by atoms with Crippen LogP contribution in [-0.2, 0) is 0 Å². The van der Waals surface area contributed by atoms with Crippen molar-refractivity contribution in [3.63, 3.8) is 0 Å². The molecule has 0 aliphatic carbocycles. The first-order valence-electron chi connectivity index (χ1n) is 4.78. The number of hydrogen-bond donors (Lipinski definition) is 3. The second-order valence-corrected chi connectivity index (χ2v) is 3.57. The van der Waals surface area contributed by atoms with E-state index in [2.05, 4.69) is 9.97 Å². The third-order valence-corrected chi connectivity index (χ3v) is 2.02. The van der Waals surface area contributed by atoms with Crippen molar-refractivity contribution in [1.29, 1.82) is 0 Å². The van der Waals surface area contributed by atoms with Crippen LogP contribution in [0, 0.1) is 0 Å². The minimum atomic E-state index is -0.330. The summed E-state index contributed by atoms with van der Waals surface area (Å²) in [4.78, 5) is 9.70. The number of nitrogen functional groups attached to an aromatic ring is 2. The number of anilines is 3. The van der Waals surface area contributed by atoms with Gasteiger partial charge in [0.1, 0.15) is 11.6 Å². The molecule has 0 bridgehead atoms. The number of aliphatic hydroxyl groups is 1. The Bertz CT molecular complexity index is 308. The van der Waals surface area contributed by atoms with Gasteiger partial charge in [0.05, 0.1) is 6.10 Å². The highest BCUT2D eigenvalue weighted by molar-refractivity contribution is 5.49. The maximum absolute atomic E-state index is 9.15. The predicted octanol–water partition coefficient (Wildman–Crippen LogP) is -0.152. The van der Waals surface area contributed by atoms with Crippen LogP contribution in [0.25, 0.3) is 0 Å². The van der Waals surface area contributed by atoms with Gasteiger partial charge in [-0.25, -0.2) is 0 Å². The molecule has 0 amide bonds. The Morgan fingerprint density at radius 3 is 2.67 bits per heavy atom. The molecule has 0 fully saturated rings. The molecule has 0 radical (unpaired) electrons. The lowest BCUT2D eigenvalue weighted by atomic mass is 10.3. The first kappa shape index (κ1) is 11.5. The van der Waals surface area contributed by atoms with Crippen molar-refractivity contribution in [2.75, 3.05) is 30.0 Å². The Labute approximate surface area is 88.9 Å². The molecule has 0 spiro atoms. The topological polar surface area (TPSA) is 101 Å². The summed E-state index contributed by atoms with van der Waals surface area (Å²) < 4.78 is 0. The number of rotatable bonds is 4. The molecule has 6 heteroatoms. The van der Waals surface area contributed by atoms with Crippen LogP contribution >= 0.6 is 0 Å². The van der Waals surface area contributed by atoms with E-state index in [-0.39, 0.29) is 12.1 Å².